The molecule has 0 bridgehead atoms. The summed E-state index contributed by atoms with van der Waals surface area (Å²) in [6.45, 7) is 3.82. The molecule has 0 aliphatic carbocycles. The molecule has 2 aromatic carbocycles. The molecule has 3 nitrogen and oxygen atoms in total. The minimum atomic E-state index is -0.0386. The van der Waals surface area contributed by atoms with E-state index in [2.05, 4.69) is 36.5 Å². The summed E-state index contributed by atoms with van der Waals surface area (Å²) in [5.74, 6) is 0.135. The highest BCUT2D eigenvalue weighted by Gasteiger charge is 2.22. The number of phenols is 2. The summed E-state index contributed by atoms with van der Waals surface area (Å²) in [5.41, 5.74) is 4.69. The van der Waals surface area contributed by atoms with Crippen molar-refractivity contribution in [2.75, 3.05) is 13.1 Å². The van der Waals surface area contributed by atoms with E-state index in [0.29, 0.717) is 0 Å². The summed E-state index contributed by atoms with van der Waals surface area (Å²) in [6.07, 6.45) is 0.867. The van der Waals surface area contributed by atoms with Crippen LogP contribution in [0.25, 0.3) is 0 Å². The second-order valence-electron chi connectivity index (χ2n) is 5.46. The maximum Gasteiger partial charge on any atom is 0.157 e. The van der Waals surface area contributed by atoms with E-state index >= 15 is 0 Å². The van der Waals surface area contributed by atoms with Crippen LogP contribution in [-0.2, 0) is 6.42 Å². The molecule has 0 spiro atoms. The van der Waals surface area contributed by atoms with Gasteiger partial charge in [-0.15, -0.1) is 0 Å². The summed E-state index contributed by atoms with van der Waals surface area (Å²) >= 11 is 0. The smallest absolute Gasteiger partial charge is 0.157 e. The van der Waals surface area contributed by atoms with Gasteiger partial charge in [-0.05, 0) is 48.7 Å². The van der Waals surface area contributed by atoms with Gasteiger partial charge in [0.15, 0.2) is 11.5 Å². The number of hydrogen-bond acceptors (Lipinski definition) is 3. The molecule has 0 saturated carbocycles. The lowest BCUT2D eigenvalue weighted by molar-refractivity contribution is 0.402. The van der Waals surface area contributed by atoms with E-state index in [9.17, 15) is 10.2 Å². The fourth-order valence-corrected chi connectivity index (χ4v) is 2.94. The number of fused-ring (bicyclic) bond motifs is 1. The van der Waals surface area contributed by atoms with Crippen molar-refractivity contribution in [1.29, 1.82) is 0 Å². The predicted molar refractivity (Wildman–Crippen MR) is 79.4 cm³/mol. The summed E-state index contributed by atoms with van der Waals surface area (Å²) < 4.78 is 0. The zero-order chi connectivity index (χ0) is 14.1. The van der Waals surface area contributed by atoms with Crippen molar-refractivity contribution in [2.45, 2.75) is 19.3 Å². The average Bonchev–Trinajstić information content (AvgIpc) is 2.62. The molecule has 0 radical (unpaired) electrons. The van der Waals surface area contributed by atoms with Crippen molar-refractivity contribution in [3.05, 3.63) is 58.7 Å². The standard InChI is InChI=1S/C17H19NO2/c1-11-3-2-4-12(7-11)15-10-18-6-5-13-8-16(19)17(20)9-14(13)15/h2-4,7-9,15,18-20H,5-6,10H2,1H3/t15-/m1/s1. The van der Waals surface area contributed by atoms with Crippen LogP contribution in [0, 0.1) is 6.92 Å². The lowest BCUT2D eigenvalue weighted by Crippen LogP contribution is -2.20. The van der Waals surface area contributed by atoms with Gasteiger partial charge < -0.3 is 15.5 Å². The Kier molecular flexibility index (Phi) is 3.36. The zero-order valence-electron chi connectivity index (χ0n) is 11.6. The van der Waals surface area contributed by atoms with Crippen molar-refractivity contribution >= 4 is 0 Å². The van der Waals surface area contributed by atoms with E-state index in [1.807, 2.05) is 0 Å². The van der Waals surface area contributed by atoms with Gasteiger partial charge in [0.05, 0.1) is 0 Å². The number of rotatable bonds is 1. The minimum absolute atomic E-state index is 0.0337. The van der Waals surface area contributed by atoms with Gasteiger partial charge in [-0.25, -0.2) is 0 Å². The molecule has 20 heavy (non-hydrogen) atoms. The average molecular weight is 269 g/mol. The molecule has 1 heterocycles. The van der Waals surface area contributed by atoms with E-state index < -0.39 is 0 Å². The second kappa shape index (κ2) is 5.17. The summed E-state index contributed by atoms with van der Waals surface area (Å²) in [4.78, 5) is 0. The zero-order valence-corrected chi connectivity index (χ0v) is 11.6. The highest BCUT2D eigenvalue weighted by Crippen LogP contribution is 2.36. The number of nitrogens with one attached hydrogen (secondary N) is 1. The second-order valence-corrected chi connectivity index (χ2v) is 5.46. The molecule has 0 aromatic heterocycles. The van der Waals surface area contributed by atoms with Crippen LogP contribution in [-0.4, -0.2) is 23.3 Å². The molecule has 3 rings (SSSR count). The fourth-order valence-electron chi connectivity index (χ4n) is 2.94. The fraction of sp³-hybridized carbons (Fsp3) is 0.294. The predicted octanol–water partition coefficient (Wildman–Crippen LogP) is 2.68. The van der Waals surface area contributed by atoms with E-state index in [4.69, 9.17) is 0 Å². The van der Waals surface area contributed by atoms with Gasteiger partial charge in [0.25, 0.3) is 0 Å². The van der Waals surface area contributed by atoms with E-state index in [0.717, 1.165) is 30.6 Å². The number of benzene rings is 2. The first kappa shape index (κ1) is 13.0. The van der Waals surface area contributed by atoms with Crippen molar-refractivity contribution in [3.63, 3.8) is 0 Å². The number of aryl methyl sites for hydroxylation is 1. The van der Waals surface area contributed by atoms with Gasteiger partial charge >= 0.3 is 0 Å². The molecule has 1 aliphatic heterocycles. The lowest BCUT2D eigenvalue weighted by Gasteiger charge is -2.19. The van der Waals surface area contributed by atoms with Crippen LogP contribution in [0.5, 0.6) is 11.5 Å². The molecule has 2 aromatic rings. The molecular weight excluding hydrogens is 250 g/mol. The molecule has 1 atom stereocenters. The minimum Gasteiger partial charge on any atom is -0.504 e. The van der Waals surface area contributed by atoms with Crippen molar-refractivity contribution in [2.24, 2.45) is 0 Å². The Bertz CT molecular complexity index is 637. The molecular formula is C17H19NO2. The lowest BCUT2D eigenvalue weighted by atomic mass is 9.87. The Hall–Kier alpha value is -2.00. The molecule has 0 unspecified atom stereocenters. The normalized spacial score (nSPS) is 18.4. The van der Waals surface area contributed by atoms with Crippen molar-refractivity contribution in [1.82, 2.24) is 5.32 Å². The maximum absolute atomic E-state index is 9.82. The van der Waals surface area contributed by atoms with Gasteiger partial charge in [-0.1, -0.05) is 29.8 Å². The summed E-state index contributed by atoms with van der Waals surface area (Å²) in [5, 5.41) is 23.0. The maximum atomic E-state index is 9.82. The quantitative estimate of drug-likeness (QED) is 0.698. The van der Waals surface area contributed by atoms with Crippen molar-refractivity contribution in [3.8, 4) is 11.5 Å². The van der Waals surface area contributed by atoms with Gasteiger partial charge in [0, 0.05) is 12.5 Å². The third kappa shape index (κ3) is 2.37. The Morgan fingerprint density at radius 2 is 1.90 bits per heavy atom. The summed E-state index contributed by atoms with van der Waals surface area (Å²) in [6, 6.07) is 11.9. The molecule has 104 valence electrons. The molecule has 0 saturated heterocycles. The third-order valence-electron chi connectivity index (χ3n) is 3.98. The monoisotopic (exact) mass is 269 g/mol. The summed E-state index contributed by atoms with van der Waals surface area (Å²) in [7, 11) is 0. The largest absolute Gasteiger partial charge is 0.504 e. The van der Waals surface area contributed by atoms with Crippen LogP contribution in [0.15, 0.2) is 36.4 Å². The van der Waals surface area contributed by atoms with E-state index in [1.165, 1.54) is 11.1 Å². The molecule has 3 heteroatoms. The highest BCUT2D eigenvalue weighted by atomic mass is 16.3. The van der Waals surface area contributed by atoms with Crippen LogP contribution < -0.4 is 5.32 Å². The van der Waals surface area contributed by atoms with Gasteiger partial charge in [0.2, 0.25) is 0 Å². The molecule has 0 amide bonds. The topological polar surface area (TPSA) is 52.5 Å². The Morgan fingerprint density at radius 1 is 1.10 bits per heavy atom. The third-order valence-corrected chi connectivity index (χ3v) is 3.98. The highest BCUT2D eigenvalue weighted by molar-refractivity contribution is 5.50. The first-order valence-electron chi connectivity index (χ1n) is 6.97. The number of hydrogen-bond donors (Lipinski definition) is 3. The SMILES string of the molecule is Cc1cccc([C@H]2CNCCc3cc(O)c(O)cc32)c1. The molecule has 3 N–H and O–H groups in total. The molecule has 1 aliphatic rings. The number of phenolic OH excluding ortho intramolecular Hbond substituents is 2. The van der Waals surface area contributed by atoms with Gasteiger partial charge in [-0.3, -0.25) is 0 Å². The Labute approximate surface area is 118 Å². The van der Waals surface area contributed by atoms with Gasteiger partial charge in [0.1, 0.15) is 0 Å². The van der Waals surface area contributed by atoms with E-state index in [1.54, 1.807) is 12.1 Å². The van der Waals surface area contributed by atoms with Crippen LogP contribution in [0.2, 0.25) is 0 Å². The number of aromatic hydroxyl groups is 2. The van der Waals surface area contributed by atoms with Crippen LogP contribution in [0.1, 0.15) is 28.2 Å². The Morgan fingerprint density at radius 3 is 2.70 bits per heavy atom. The van der Waals surface area contributed by atoms with E-state index in [-0.39, 0.29) is 17.4 Å². The van der Waals surface area contributed by atoms with Crippen molar-refractivity contribution < 1.29 is 10.2 Å². The van der Waals surface area contributed by atoms with Crippen LogP contribution in [0.4, 0.5) is 0 Å². The first-order chi connectivity index (χ1) is 9.65. The molecule has 0 fully saturated rings. The van der Waals surface area contributed by atoms with Gasteiger partial charge in [-0.2, -0.15) is 0 Å². The Balaban J connectivity index is 2.11. The van der Waals surface area contributed by atoms with Crippen LogP contribution >= 0.6 is 0 Å². The van der Waals surface area contributed by atoms with Crippen LogP contribution in [0.3, 0.4) is 0 Å². The first-order valence-corrected chi connectivity index (χ1v) is 6.97.